The first-order chi connectivity index (χ1) is 10.0. The standard InChI is InChI=1S/C15H19ClN2O2S/c1-2-5-13-6-3-4-9-18(13)21(19,20)14-8-7-12(11-17)15(16)10-14/h7-8,10,13H,2-6,9H2,1H3. The smallest absolute Gasteiger partial charge is 0.207 e. The summed E-state index contributed by atoms with van der Waals surface area (Å²) in [5.74, 6) is 0. The third-order valence-electron chi connectivity index (χ3n) is 3.86. The largest absolute Gasteiger partial charge is 0.243 e. The predicted octanol–water partition coefficient (Wildman–Crippen LogP) is 3.55. The van der Waals surface area contributed by atoms with Gasteiger partial charge in [-0.1, -0.05) is 31.4 Å². The SMILES string of the molecule is CCCC1CCCCN1S(=O)(=O)c1ccc(C#N)c(Cl)c1. The van der Waals surface area contributed by atoms with Crippen LogP contribution in [0.25, 0.3) is 0 Å². The molecule has 2 rings (SSSR count). The van der Waals surface area contributed by atoms with E-state index in [2.05, 4.69) is 6.92 Å². The lowest BCUT2D eigenvalue weighted by Gasteiger charge is -2.34. The molecule has 1 atom stereocenters. The van der Waals surface area contributed by atoms with Crippen molar-refractivity contribution in [1.82, 2.24) is 4.31 Å². The van der Waals surface area contributed by atoms with Gasteiger partial charge in [0.05, 0.1) is 15.5 Å². The summed E-state index contributed by atoms with van der Waals surface area (Å²) in [4.78, 5) is 0.175. The number of sulfonamides is 1. The summed E-state index contributed by atoms with van der Waals surface area (Å²) < 4.78 is 27.2. The summed E-state index contributed by atoms with van der Waals surface area (Å²) in [5.41, 5.74) is 0.291. The van der Waals surface area contributed by atoms with Crippen LogP contribution in [0.4, 0.5) is 0 Å². The quantitative estimate of drug-likeness (QED) is 0.850. The number of piperidine rings is 1. The molecule has 0 amide bonds. The minimum absolute atomic E-state index is 0.0724. The molecule has 1 fully saturated rings. The van der Waals surface area contributed by atoms with Gasteiger partial charge in [0.1, 0.15) is 6.07 Å². The van der Waals surface area contributed by atoms with Gasteiger partial charge in [-0.15, -0.1) is 0 Å². The molecule has 0 bridgehead atoms. The minimum Gasteiger partial charge on any atom is -0.207 e. The van der Waals surface area contributed by atoms with Gasteiger partial charge in [0.2, 0.25) is 10.0 Å². The van der Waals surface area contributed by atoms with Crippen molar-refractivity contribution in [2.75, 3.05) is 6.54 Å². The lowest BCUT2D eigenvalue weighted by Crippen LogP contribution is -2.43. The van der Waals surface area contributed by atoms with Crippen molar-refractivity contribution >= 4 is 21.6 Å². The molecule has 114 valence electrons. The first-order valence-corrected chi connectivity index (χ1v) is 9.04. The summed E-state index contributed by atoms with van der Waals surface area (Å²) in [7, 11) is -3.54. The van der Waals surface area contributed by atoms with E-state index in [9.17, 15) is 8.42 Å². The molecule has 1 aliphatic heterocycles. The van der Waals surface area contributed by atoms with Gasteiger partial charge in [0, 0.05) is 12.6 Å². The van der Waals surface area contributed by atoms with Crippen LogP contribution in [-0.4, -0.2) is 25.3 Å². The Kier molecular flexibility index (Phi) is 5.26. The van der Waals surface area contributed by atoms with Crippen LogP contribution < -0.4 is 0 Å². The zero-order chi connectivity index (χ0) is 15.5. The van der Waals surface area contributed by atoms with E-state index in [1.54, 1.807) is 4.31 Å². The molecule has 6 heteroatoms. The maximum Gasteiger partial charge on any atom is 0.243 e. The average molecular weight is 327 g/mol. The predicted molar refractivity (Wildman–Crippen MR) is 82.6 cm³/mol. The van der Waals surface area contributed by atoms with Crippen molar-refractivity contribution in [3.05, 3.63) is 28.8 Å². The van der Waals surface area contributed by atoms with Crippen molar-refractivity contribution in [3.63, 3.8) is 0 Å². The number of benzene rings is 1. The Labute approximate surface area is 131 Å². The number of nitrogens with zero attached hydrogens (tertiary/aromatic N) is 2. The second-order valence-corrected chi connectivity index (χ2v) is 7.61. The van der Waals surface area contributed by atoms with E-state index in [1.165, 1.54) is 18.2 Å². The molecule has 0 aromatic heterocycles. The molecular formula is C15H19ClN2O2S. The molecule has 0 aliphatic carbocycles. The second kappa shape index (κ2) is 6.78. The van der Waals surface area contributed by atoms with Crippen LogP contribution in [-0.2, 0) is 10.0 Å². The maximum absolute atomic E-state index is 12.8. The lowest BCUT2D eigenvalue weighted by molar-refractivity contribution is 0.239. The molecule has 0 N–H and O–H groups in total. The van der Waals surface area contributed by atoms with Crippen LogP contribution in [0, 0.1) is 11.3 Å². The molecule has 0 radical (unpaired) electrons. The Morgan fingerprint density at radius 3 is 2.81 bits per heavy atom. The van der Waals surface area contributed by atoms with Crippen molar-refractivity contribution in [2.24, 2.45) is 0 Å². The number of hydrogen-bond donors (Lipinski definition) is 0. The summed E-state index contributed by atoms with van der Waals surface area (Å²) in [5, 5.41) is 9.06. The number of hydrogen-bond acceptors (Lipinski definition) is 3. The highest BCUT2D eigenvalue weighted by atomic mass is 35.5. The van der Waals surface area contributed by atoms with Crippen LogP contribution in [0.2, 0.25) is 5.02 Å². The Morgan fingerprint density at radius 2 is 2.19 bits per heavy atom. The van der Waals surface area contributed by atoms with Gasteiger partial charge in [0.15, 0.2) is 0 Å². The zero-order valence-corrected chi connectivity index (χ0v) is 13.6. The van der Waals surface area contributed by atoms with E-state index in [1.807, 2.05) is 6.07 Å². The Morgan fingerprint density at radius 1 is 1.43 bits per heavy atom. The van der Waals surface area contributed by atoms with Crippen molar-refractivity contribution < 1.29 is 8.42 Å². The monoisotopic (exact) mass is 326 g/mol. The van der Waals surface area contributed by atoms with Gasteiger partial charge in [0.25, 0.3) is 0 Å². The average Bonchev–Trinajstić information content (AvgIpc) is 2.48. The molecular weight excluding hydrogens is 308 g/mol. The van der Waals surface area contributed by atoms with Crippen molar-refractivity contribution in [1.29, 1.82) is 5.26 Å². The van der Waals surface area contributed by atoms with Gasteiger partial charge < -0.3 is 0 Å². The first kappa shape index (κ1) is 16.3. The molecule has 0 spiro atoms. The van der Waals surface area contributed by atoms with E-state index in [-0.39, 0.29) is 16.0 Å². The van der Waals surface area contributed by atoms with E-state index in [0.717, 1.165) is 32.1 Å². The van der Waals surface area contributed by atoms with Crippen LogP contribution in [0.15, 0.2) is 23.1 Å². The van der Waals surface area contributed by atoms with Gasteiger partial charge >= 0.3 is 0 Å². The number of rotatable bonds is 4. The first-order valence-electron chi connectivity index (χ1n) is 7.22. The summed E-state index contributed by atoms with van der Waals surface area (Å²) in [6, 6.07) is 6.33. The Bertz CT molecular complexity index is 650. The summed E-state index contributed by atoms with van der Waals surface area (Å²) in [6.07, 6.45) is 4.72. The third kappa shape index (κ3) is 3.39. The van der Waals surface area contributed by atoms with Gasteiger partial charge in [-0.2, -0.15) is 9.57 Å². The van der Waals surface area contributed by atoms with Crippen LogP contribution >= 0.6 is 11.6 Å². The van der Waals surface area contributed by atoms with Crippen molar-refractivity contribution in [2.45, 2.75) is 50.0 Å². The molecule has 0 saturated carbocycles. The Hall–Kier alpha value is -1.09. The number of nitriles is 1. The topological polar surface area (TPSA) is 61.2 Å². The normalized spacial score (nSPS) is 20.1. The maximum atomic E-state index is 12.8. The summed E-state index contributed by atoms with van der Waals surface area (Å²) >= 11 is 5.97. The van der Waals surface area contributed by atoms with E-state index >= 15 is 0 Å². The molecule has 1 heterocycles. The van der Waals surface area contributed by atoms with E-state index in [0.29, 0.717) is 12.1 Å². The fraction of sp³-hybridized carbons (Fsp3) is 0.533. The summed E-state index contributed by atoms with van der Waals surface area (Å²) in [6.45, 7) is 2.63. The molecule has 1 saturated heterocycles. The van der Waals surface area contributed by atoms with E-state index in [4.69, 9.17) is 16.9 Å². The molecule has 4 nitrogen and oxygen atoms in total. The van der Waals surface area contributed by atoms with Crippen molar-refractivity contribution in [3.8, 4) is 6.07 Å². The zero-order valence-electron chi connectivity index (χ0n) is 12.0. The minimum atomic E-state index is -3.54. The van der Waals surface area contributed by atoms with Crippen LogP contribution in [0.1, 0.15) is 44.6 Å². The van der Waals surface area contributed by atoms with Gasteiger partial charge in [-0.3, -0.25) is 0 Å². The molecule has 1 aromatic carbocycles. The second-order valence-electron chi connectivity index (χ2n) is 5.31. The number of halogens is 1. The fourth-order valence-corrected chi connectivity index (χ4v) is 4.83. The van der Waals surface area contributed by atoms with Crippen LogP contribution in [0.3, 0.4) is 0 Å². The molecule has 1 aromatic rings. The molecule has 1 aliphatic rings. The highest BCUT2D eigenvalue weighted by Gasteiger charge is 2.33. The highest BCUT2D eigenvalue weighted by Crippen LogP contribution is 2.29. The van der Waals surface area contributed by atoms with Gasteiger partial charge in [-0.25, -0.2) is 8.42 Å². The van der Waals surface area contributed by atoms with Crippen LogP contribution in [0.5, 0.6) is 0 Å². The fourth-order valence-electron chi connectivity index (χ4n) is 2.79. The molecule has 1 unspecified atom stereocenters. The lowest BCUT2D eigenvalue weighted by atomic mass is 10.0. The third-order valence-corrected chi connectivity index (χ3v) is 6.12. The Balaban J connectivity index is 2.36. The van der Waals surface area contributed by atoms with E-state index < -0.39 is 10.0 Å². The molecule has 21 heavy (non-hydrogen) atoms. The highest BCUT2D eigenvalue weighted by molar-refractivity contribution is 7.89. The van der Waals surface area contributed by atoms with Gasteiger partial charge in [-0.05, 0) is 37.5 Å².